The molecule has 0 aliphatic rings. The first kappa shape index (κ1) is 19.2. The maximum absolute atomic E-state index is 12.5. The van der Waals surface area contributed by atoms with E-state index in [9.17, 15) is 4.79 Å². The van der Waals surface area contributed by atoms with Crippen molar-refractivity contribution >= 4 is 23.5 Å². The van der Waals surface area contributed by atoms with E-state index in [0.29, 0.717) is 16.9 Å². The standard InChI is InChI=1S/C19H23N5O2S/c1-5-13(3)24-16(10-11-20-24)21-17(25)14(4)27-19-23-22-18(26-19)15-9-7-6-8-12(15)2/h6-11,13-14H,5H2,1-4H3,(H,21,25)/t13-,14+/m1/s1. The van der Waals surface area contributed by atoms with E-state index in [2.05, 4.69) is 34.5 Å². The quantitative estimate of drug-likeness (QED) is 0.609. The van der Waals surface area contributed by atoms with Gasteiger partial charge in [0.25, 0.3) is 5.22 Å². The molecule has 142 valence electrons. The summed E-state index contributed by atoms with van der Waals surface area (Å²) in [5, 5.41) is 15.3. The highest BCUT2D eigenvalue weighted by Crippen LogP contribution is 2.28. The number of thioether (sulfide) groups is 1. The molecule has 3 aromatic rings. The predicted molar refractivity (Wildman–Crippen MR) is 106 cm³/mol. The number of nitrogens with zero attached hydrogens (tertiary/aromatic N) is 4. The van der Waals surface area contributed by atoms with E-state index >= 15 is 0 Å². The van der Waals surface area contributed by atoms with Crippen LogP contribution in [0.25, 0.3) is 11.5 Å². The Morgan fingerprint density at radius 3 is 2.78 bits per heavy atom. The zero-order valence-electron chi connectivity index (χ0n) is 15.8. The largest absolute Gasteiger partial charge is 0.411 e. The Labute approximate surface area is 162 Å². The smallest absolute Gasteiger partial charge is 0.277 e. The molecule has 0 saturated heterocycles. The van der Waals surface area contributed by atoms with Crippen LogP contribution in [0, 0.1) is 6.92 Å². The second kappa shape index (κ2) is 8.39. The highest BCUT2D eigenvalue weighted by molar-refractivity contribution is 8.00. The van der Waals surface area contributed by atoms with Crippen molar-refractivity contribution in [1.29, 1.82) is 0 Å². The molecule has 0 aliphatic carbocycles. The van der Waals surface area contributed by atoms with Crippen LogP contribution in [-0.4, -0.2) is 31.1 Å². The molecular weight excluding hydrogens is 362 g/mol. The molecule has 0 aliphatic heterocycles. The van der Waals surface area contributed by atoms with E-state index in [-0.39, 0.29) is 11.9 Å². The fraction of sp³-hybridized carbons (Fsp3) is 0.368. The average molecular weight is 385 g/mol. The first-order valence-electron chi connectivity index (χ1n) is 8.90. The Morgan fingerprint density at radius 1 is 1.26 bits per heavy atom. The van der Waals surface area contributed by atoms with Gasteiger partial charge in [0.1, 0.15) is 5.82 Å². The van der Waals surface area contributed by atoms with Gasteiger partial charge >= 0.3 is 0 Å². The third-order valence-electron chi connectivity index (χ3n) is 4.36. The molecule has 7 nitrogen and oxygen atoms in total. The fourth-order valence-electron chi connectivity index (χ4n) is 2.55. The number of nitrogens with one attached hydrogen (secondary N) is 1. The molecule has 0 spiro atoms. The molecule has 0 unspecified atom stereocenters. The maximum Gasteiger partial charge on any atom is 0.277 e. The van der Waals surface area contributed by atoms with Crippen molar-refractivity contribution in [3.05, 3.63) is 42.1 Å². The van der Waals surface area contributed by atoms with E-state index in [1.807, 2.05) is 42.8 Å². The van der Waals surface area contributed by atoms with Gasteiger partial charge in [0.2, 0.25) is 11.8 Å². The SMILES string of the molecule is CC[C@@H](C)n1nccc1NC(=O)[C@H](C)Sc1nnc(-c2ccccc2C)o1. The molecule has 0 bridgehead atoms. The second-order valence-electron chi connectivity index (χ2n) is 6.36. The molecule has 2 aromatic heterocycles. The number of hydrogen-bond donors (Lipinski definition) is 1. The monoisotopic (exact) mass is 385 g/mol. The molecule has 1 amide bonds. The molecule has 27 heavy (non-hydrogen) atoms. The van der Waals surface area contributed by atoms with Crippen molar-refractivity contribution in [1.82, 2.24) is 20.0 Å². The lowest BCUT2D eigenvalue weighted by Crippen LogP contribution is -2.24. The minimum atomic E-state index is -0.393. The summed E-state index contributed by atoms with van der Waals surface area (Å²) in [6.45, 7) is 7.94. The third kappa shape index (κ3) is 4.39. The summed E-state index contributed by atoms with van der Waals surface area (Å²) in [4.78, 5) is 12.5. The van der Waals surface area contributed by atoms with Gasteiger partial charge in [0.15, 0.2) is 0 Å². The zero-order chi connectivity index (χ0) is 19.4. The molecule has 0 fully saturated rings. The highest BCUT2D eigenvalue weighted by atomic mass is 32.2. The van der Waals surface area contributed by atoms with Crippen LogP contribution in [-0.2, 0) is 4.79 Å². The van der Waals surface area contributed by atoms with Crippen LogP contribution >= 0.6 is 11.8 Å². The number of carbonyl (C=O) groups excluding carboxylic acids is 1. The minimum Gasteiger partial charge on any atom is -0.411 e. The summed E-state index contributed by atoms with van der Waals surface area (Å²) >= 11 is 1.23. The summed E-state index contributed by atoms with van der Waals surface area (Å²) in [6, 6.07) is 9.82. The predicted octanol–water partition coefficient (Wildman–Crippen LogP) is 4.33. The molecule has 2 atom stereocenters. The molecule has 8 heteroatoms. The number of anilines is 1. The number of aryl methyl sites for hydroxylation is 1. The van der Waals surface area contributed by atoms with E-state index in [1.54, 1.807) is 12.3 Å². The van der Waals surface area contributed by atoms with Crippen LogP contribution in [0.15, 0.2) is 46.2 Å². The van der Waals surface area contributed by atoms with Crippen molar-refractivity contribution in [3.63, 3.8) is 0 Å². The van der Waals surface area contributed by atoms with Crippen LogP contribution in [0.2, 0.25) is 0 Å². The summed E-state index contributed by atoms with van der Waals surface area (Å²) in [5.41, 5.74) is 1.95. The number of aromatic nitrogens is 4. The van der Waals surface area contributed by atoms with Crippen molar-refractivity contribution in [2.24, 2.45) is 0 Å². The summed E-state index contributed by atoms with van der Waals surface area (Å²) in [6.07, 6.45) is 2.62. The van der Waals surface area contributed by atoms with Gasteiger partial charge in [0.05, 0.1) is 17.5 Å². The van der Waals surface area contributed by atoms with Gasteiger partial charge in [0, 0.05) is 11.6 Å². The second-order valence-corrected chi connectivity index (χ2v) is 7.65. The minimum absolute atomic E-state index is 0.138. The Kier molecular flexibility index (Phi) is 5.95. The van der Waals surface area contributed by atoms with Crippen molar-refractivity contribution in [3.8, 4) is 11.5 Å². The lowest BCUT2D eigenvalue weighted by atomic mass is 10.1. The average Bonchev–Trinajstić information content (AvgIpc) is 3.31. The van der Waals surface area contributed by atoms with Crippen LogP contribution < -0.4 is 5.32 Å². The first-order valence-corrected chi connectivity index (χ1v) is 9.78. The first-order chi connectivity index (χ1) is 13.0. The molecular formula is C19H23N5O2S. The van der Waals surface area contributed by atoms with Gasteiger partial charge in [-0.2, -0.15) is 5.10 Å². The van der Waals surface area contributed by atoms with Crippen LogP contribution in [0.1, 0.15) is 38.8 Å². The summed E-state index contributed by atoms with van der Waals surface area (Å²) in [5.74, 6) is 1.01. The molecule has 2 heterocycles. The van der Waals surface area contributed by atoms with Crippen LogP contribution in [0.3, 0.4) is 0 Å². The number of rotatable bonds is 7. The molecule has 0 radical (unpaired) electrons. The van der Waals surface area contributed by atoms with E-state index in [1.165, 1.54) is 11.8 Å². The number of hydrogen-bond acceptors (Lipinski definition) is 6. The van der Waals surface area contributed by atoms with Gasteiger partial charge in [-0.25, -0.2) is 4.68 Å². The number of carbonyl (C=O) groups is 1. The molecule has 1 N–H and O–H groups in total. The molecule has 1 aromatic carbocycles. The topological polar surface area (TPSA) is 85.8 Å². The Morgan fingerprint density at radius 2 is 2.04 bits per heavy atom. The van der Waals surface area contributed by atoms with E-state index < -0.39 is 5.25 Å². The molecule has 3 rings (SSSR count). The third-order valence-corrected chi connectivity index (χ3v) is 5.29. The summed E-state index contributed by atoms with van der Waals surface area (Å²) < 4.78 is 7.55. The van der Waals surface area contributed by atoms with Gasteiger partial charge < -0.3 is 9.73 Å². The van der Waals surface area contributed by atoms with Crippen LogP contribution in [0.5, 0.6) is 0 Å². The van der Waals surface area contributed by atoms with Gasteiger partial charge in [-0.3, -0.25) is 4.79 Å². The number of amides is 1. The molecule has 0 saturated carbocycles. The van der Waals surface area contributed by atoms with Crippen molar-refractivity contribution in [2.75, 3.05) is 5.32 Å². The lowest BCUT2D eigenvalue weighted by molar-refractivity contribution is -0.115. The van der Waals surface area contributed by atoms with Crippen molar-refractivity contribution in [2.45, 2.75) is 50.6 Å². The van der Waals surface area contributed by atoms with Crippen LogP contribution in [0.4, 0.5) is 5.82 Å². The van der Waals surface area contributed by atoms with E-state index in [0.717, 1.165) is 17.5 Å². The van der Waals surface area contributed by atoms with Gasteiger partial charge in [-0.1, -0.05) is 36.9 Å². The van der Waals surface area contributed by atoms with Gasteiger partial charge in [-0.15, -0.1) is 10.2 Å². The van der Waals surface area contributed by atoms with E-state index in [4.69, 9.17) is 4.42 Å². The number of benzene rings is 1. The lowest BCUT2D eigenvalue weighted by Gasteiger charge is -2.15. The highest BCUT2D eigenvalue weighted by Gasteiger charge is 2.21. The van der Waals surface area contributed by atoms with Crippen molar-refractivity contribution < 1.29 is 9.21 Å². The Balaban J connectivity index is 1.66. The Bertz CT molecular complexity index is 920. The van der Waals surface area contributed by atoms with Gasteiger partial charge in [-0.05, 0) is 38.8 Å². The maximum atomic E-state index is 12.5. The zero-order valence-corrected chi connectivity index (χ0v) is 16.7. The normalized spacial score (nSPS) is 13.3. The fourth-order valence-corrected chi connectivity index (χ4v) is 3.23. The Hall–Kier alpha value is -2.61. The summed E-state index contributed by atoms with van der Waals surface area (Å²) in [7, 11) is 0.